The summed E-state index contributed by atoms with van der Waals surface area (Å²) in [6.07, 6.45) is 8.03. The van der Waals surface area contributed by atoms with E-state index >= 15 is 0 Å². The van der Waals surface area contributed by atoms with Crippen LogP contribution in [0.15, 0.2) is 164 Å². The number of fused-ring (bicyclic) bond motifs is 8. The zero-order valence-corrected chi connectivity index (χ0v) is 26.5. The van der Waals surface area contributed by atoms with E-state index in [-0.39, 0.29) is 0 Å². The summed E-state index contributed by atoms with van der Waals surface area (Å²) in [6, 6.07) is 52.2. The highest BCUT2D eigenvalue weighted by Crippen LogP contribution is 2.45. The first-order chi connectivity index (χ1) is 24.3. The van der Waals surface area contributed by atoms with Crippen LogP contribution in [0, 0.1) is 0 Å². The zero-order valence-electron chi connectivity index (χ0n) is 26.5. The van der Waals surface area contributed by atoms with E-state index in [1.165, 1.54) is 0 Å². The van der Waals surface area contributed by atoms with Crippen LogP contribution in [-0.2, 0) is 0 Å². The molecule has 0 bridgehead atoms. The normalized spacial score (nSPS) is 11.8. The van der Waals surface area contributed by atoms with Gasteiger partial charge in [-0.05, 0) is 64.0 Å². The van der Waals surface area contributed by atoms with E-state index in [1.807, 2.05) is 54.7 Å². The fourth-order valence-electron chi connectivity index (χ4n) is 6.59. The van der Waals surface area contributed by atoms with Gasteiger partial charge in [0.05, 0.1) is 11.4 Å². The van der Waals surface area contributed by atoms with Gasteiger partial charge in [-0.15, -0.1) is 0 Å². The van der Waals surface area contributed by atoms with Gasteiger partial charge in [0.25, 0.3) is 0 Å². The van der Waals surface area contributed by atoms with Gasteiger partial charge in [0, 0.05) is 45.6 Å². The molecule has 1 aliphatic heterocycles. The van der Waals surface area contributed by atoms with Gasteiger partial charge < -0.3 is 4.74 Å². The topological polar surface area (TPSA) is 47.9 Å². The van der Waals surface area contributed by atoms with Gasteiger partial charge in [0.1, 0.15) is 11.5 Å². The van der Waals surface area contributed by atoms with Gasteiger partial charge >= 0.3 is 0 Å². The second kappa shape index (κ2) is 12.2. The lowest BCUT2D eigenvalue weighted by Crippen LogP contribution is -1.97. The quantitative estimate of drug-likeness (QED) is 0.196. The van der Waals surface area contributed by atoms with Crippen molar-refractivity contribution in [1.82, 2.24) is 15.0 Å². The molecule has 6 aromatic carbocycles. The van der Waals surface area contributed by atoms with Crippen LogP contribution in [0.5, 0.6) is 11.5 Å². The van der Waals surface area contributed by atoms with Crippen LogP contribution in [0.4, 0.5) is 0 Å². The SMILES string of the molecule is C1=Cc2ccc(-c3cc(-c4cccnc4)nc(-c4ccccc4)n3)cc2-c2ccc3ccccc3c2Oc2ccccc2-c2ccccc21. The highest BCUT2D eigenvalue weighted by molar-refractivity contribution is 5.99. The molecule has 4 heteroatoms. The Bertz CT molecular complexity index is 2470. The van der Waals surface area contributed by atoms with E-state index < -0.39 is 0 Å². The summed E-state index contributed by atoms with van der Waals surface area (Å²) in [5, 5.41) is 2.17. The lowest BCUT2D eigenvalue weighted by atomic mass is 9.92. The third-order valence-electron chi connectivity index (χ3n) is 9.03. The predicted molar refractivity (Wildman–Crippen MR) is 200 cm³/mol. The number of rotatable bonds is 3. The van der Waals surface area contributed by atoms with Gasteiger partial charge in [-0.1, -0.05) is 127 Å². The van der Waals surface area contributed by atoms with Crippen molar-refractivity contribution in [1.29, 1.82) is 0 Å². The molecule has 0 saturated heterocycles. The molecular weight excluding hydrogens is 599 g/mol. The molecule has 49 heavy (non-hydrogen) atoms. The molecule has 0 amide bonds. The molecule has 0 spiro atoms. The zero-order chi connectivity index (χ0) is 32.6. The second-order valence-electron chi connectivity index (χ2n) is 12.1. The van der Waals surface area contributed by atoms with Crippen LogP contribution < -0.4 is 4.74 Å². The van der Waals surface area contributed by atoms with Gasteiger partial charge in [-0.25, -0.2) is 9.97 Å². The van der Waals surface area contributed by atoms with Gasteiger partial charge in [0.2, 0.25) is 0 Å². The molecule has 0 saturated carbocycles. The van der Waals surface area contributed by atoms with Crippen LogP contribution >= 0.6 is 0 Å². The largest absolute Gasteiger partial charge is 0.455 e. The Labute approximate surface area is 284 Å². The summed E-state index contributed by atoms with van der Waals surface area (Å²) >= 11 is 0. The molecule has 1 aliphatic rings. The van der Waals surface area contributed by atoms with E-state index in [1.54, 1.807) is 6.20 Å². The standard InChI is InChI=1S/C45H29N3O/c1-2-13-33(14-3-1)45-47-41(28-42(48-45)35-15-10-26-46-29-35)34-23-22-32-21-20-30-11-4-6-16-36(30)38-18-8-9-19-43(38)49-44-37-17-7-5-12-31(37)24-25-39(44)40(32)27-34/h1-29H. The van der Waals surface area contributed by atoms with Crippen molar-refractivity contribution in [3.05, 3.63) is 175 Å². The van der Waals surface area contributed by atoms with Gasteiger partial charge in [-0.2, -0.15) is 0 Å². The maximum Gasteiger partial charge on any atom is 0.160 e. The summed E-state index contributed by atoms with van der Waals surface area (Å²) in [5.41, 5.74) is 10.9. The monoisotopic (exact) mass is 627 g/mol. The number of para-hydroxylation sites is 1. The minimum atomic E-state index is 0.663. The Hall–Kier alpha value is -6.65. The molecule has 2 aromatic heterocycles. The van der Waals surface area contributed by atoms with Crippen molar-refractivity contribution in [3.8, 4) is 67.7 Å². The molecule has 230 valence electrons. The highest BCUT2D eigenvalue weighted by atomic mass is 16.5. The van der Waals surface area contributed by atoms with Gasteiger partial charge in [-0.3, -0.25) is 4.98 Å². The van der Waals surface area contributed by atoms with E-state index in [0.717, 1.165) is 83.7 Å². The Morgan fingerprint density at radius 3 is 2.02 bits per heavy atom. The van der Waals surface area contributed by atoms with Crippen molar-refractivity contribution in [2.45, 2.75) is 0 Å². The molecule has 0 fully saturated rings. The first-order valence-corrected chi connectivity index (χ1v) is 16.3. The Morgan fingerprint density at radius 1 is 0.449 bits per heavy atom. The molecule has 8 aromatic rings. The van der Waals surface area contributed by atoms with E-state index in [9.17, 15) is 0 Å². The Morgan fingerprint density at radius 2 is 1.16 bits per heavy atom. The smallest absolute Gasteiger partial charge is 0.160 e. The maximum absolute atomic E-state index is 7.04. The molecule has 4 nitrogen and oxygen atoms in total. The van der Waals surface area contributed by atoms with Crippen molar-refractivity contribution in [2.24, 2.45) is 0 Å². The summed E-state index contributed by atoms with van der Waals surface area (Å²) in [4.78, 5) is 14.5. The molecule has 9 rings (SSSR count). The van der Waals surface area contributed by atoms with Crippen molar-refractivity contribution >= 4 is 22.9 Å². The van der Waals surface area contributed by atoms with Crippen LogP contribution in [0.3, 0.4) is 0 Å². The molecular formula is C45H29N3O. The number of benzene rings is 6. The number of hydrogen-bond acceptors (Lipinski definition) is 4. The summed E-state index contributed by atoms with van der Waals surface area (Å²) in [6.45, 7) is 0. The van der Waals surface area contributed by atoms with Crippen LogP contribution in [0.2, 0.25) is 0 Å². The lowest BCUT2D eigenvalue weighted by molar-refractivity contribution is 0.492. The Balaban J connectivity index is 1.30. The van der Waals surface area contributed by atoms with E-state index in [4.69, 9.17) is 14.7 Å². The summed E-state index contributed by atoms with van der Waals surface area (Å²) < 4.78 is 7.04. The van der Waals surface area contributed by atoms with Crippen molar-refractivity contribution in [2.75, 3.05) is 0 Å². The first-order valence-electron chi connectivity index (χ1n) is 16.3. The van der Waals surface area contributed by atoms with Crippen LogP contribution in [-0.4, -0.2) is 15.0 Å². The van der Waals surface area contributed by atoms with E-state index in [0.29, 0.717) is 5.82 Å². The highest BCUT2D eigenvalue weighted by Gasteiger charge is 2.20. The molecule has 0 N–H and O–H groups in total. The predicted octanol–water partition coefficient (Wildman–Crippen LogP) is 11.6. The lowest BCUT2D eigenvalue weighted by Gasteiger charge is -2.18. The summed E-state index contributed by atoms with van der Waals surface area (Å²) in [7, 11) is 0. The van der Waals surface area contributed by atoms with Crippen molar-refractivity contribution in [3.63, 3.8) is 0 Å². The number of aromatic nitrogens is 3. The third-order valence-corrected chi connectivity index (χ3v) is 9.03. The average molecular weight is 628 g/mol. The molecule has 0 aliphatic carbocycles. The van der Waals surface area contributed by atoms with Crippen LogP contribution in [0.1, 0.15) is 11.1 Å². The second-order valence-corrected chi connectivity index (χ2v) is 12.1. The molecule has 3 heterocycles. The van der Waals surface area contributed by atoms with Gasteiger partial charge in [0.15, 0.2) is 5.82 Å². The maximum atomic E-state index is 7.04. The first kappa shape index (κ1) is 28.6. The molecule has 0 atom stereocenters. The average Bonchev–Trinajstić information content (AvgIpc) is 3.20. The minimum absolute atomic E-state index is 0.663. The van der Waals surface area contributed by atoms with Crippen molar-refractivity contribution < 1.29 is 4.74 Å². The number of pyridine rings is 1. The Kier molecular flexibility index (Phi) is 7.10. The van der Waals surface area contributed by atoms with Crippen LogP contribution in [0.25, 0.3) is 79.1 Å². The molecule has 0 radical (unpaired) electrons. The number of ether oxygens (including phenoxy) is 1. The fraction of sp³-hybridized carbons (Fsp3) is 0. The van der Waals surface area contributed by atoms with E-state index in [2.05, 4.69) is 120 Å². The fourth-order valence-corrected chi connectivity index (χ4v) is 6.59. The molecule has 0 unspecified atom stereocenters. The minimum Gasteiger partial charge on any atom is -0.455 e. The third kappa shape index (κ3) is 5.35. The number of nitrogens with zero attached hydrogens (tertiary/aromatic N) is 3. The summed E-state index contributed by atoms with van der Waals surface area (Å²) in [5.74, 6) is 2.29. The number of hydrogen-bond donors (Lipinski definition) is 0.